The molecule has 120 valence electrons. The van der Waals surface area contributed by atoms with Crippen molar-refractivity contribution in [2.75, 3.05) is 11.5 Å². The highest BCUT2D eigenvalue weighted by Crippen LogP contribution is 2.40. The van der Waals surface area contributed by atoms with Crippen LogP contribution in [0.2, 0.25) is 0 Å². The average Bonchev–Trinajstić information content (AvgIpc) is 2.79. The first-order valence-electron chi connectivity index (χ1n) is 8.30. The SMILES string of the molecule is O=C1C(=CC=Cc2ccccc2)CCCCC1=C1SCCCS1. The van der Waals surface area contributed by atoms with Gasteiger partial charge in [-0.15, -0.1) is 23.5 Å². The summed E-state index contributed by atoms with van der Waals surface area (Å²) in [4.78, 5) is 12.9. The molecule has 1 heterocycles. The van der Waals surface area contributed by atoms with E-state index in [-0.39, 0.29) is 5.78 Å². The Morgan fingerprint density at radius 3 is 2.43 bits per heavy atom. The molecule has 3 rings (SSSR count). The third kappa shape index (κ3) is 4.65. The van der Waals surface area contributed by atoms with E-state index in [1.54, 1.807) is 0 Å². The van der Waals surface area contributed by atoms with E-state index < -0.39 is 0 Å². The lowest BCUT2D eigenvalue weighted by molar-refractivity contribution is -0.112. The first kappa shape index (κ1) is 16.7. The zero-order valence-corrected chi connectivity index (χ0v) is 14.9. The van der Waals surface area contributed by atoms with Crippen LogP contribution in [0.4, 0.5) is 0 Å². The summed E-state index contributed by atoms with van der Waals surface area (Å²) in [5.41, 5.74) is 3.22. The second kappa shape index (κ2) is 8.60. The minimum absolute atomic E-state index is 0.289. The van der Waals surface area contributed by atoms with Gasteiger partial charge in [0.25, 0.3) is 0 Å². The summed E-state index contributed by atoms with van der Waals surface area (Å²) in [6.07, 6.45) is 11.5. The van der Waals surface area contributed by atoms with Gasteiger partial charge in [0.15, 0.2) is 5.78 Å². The molecular formula is C20H22OS2. The van der Waals surface area contributed by atoms with Crippen molar-refractivity contribution in [1.82, 2.24) is 0 Å². The highest BCUT2D eigenvalue weighted by molar-refractivity contribution is 8.22. The molecule has 2 aliphatic rings. The van der Waals surface area contributed by atoms with Crippen LogP contribution in [-0.4, -0.2) is 17.3 Å². The van der Waals surface area contributed by atoms with E-state index in [0.29, 0.717) is 0 Å². The largest absolute Gasteiger partial charge is 0.289 e. The van der Waals surface area contributed by atoms with E-state index in [9.17, 15) is 4.79 Å². The molecule has 23 heavy (non-hydrogen) atoms. The van der Waals surface area contributed by atoms with Crippen LogP contribution in [0.3, 0.4) is 0 Å². The van der Waals surface area contributed by atoms with Gasteiger partial charge in [-0.2, -0.15) is 0 Å². The molecule has 0 amide bonds. The molecule has 1 saturated carbocycles. The fourth-order valence-corrected chi connectivity index (χ4v) is 5.54. The standard InChI is InChI=1S/C20H22OS2/c21-19-17(12-6-10-16-8-2-1-3-9-16)11-4-5-13-18(19)20-22-14-7-15-23-20/h1-3,6,8-10,12H,4-5,7,11,13-15H2. The maximum Gasteiger partial charge on any atom is 0.186 e. The molecule has 1 aliphatic carbocycles. The smallest absolute Gasteiger partial charge is 0.186 e. The number of rotatable bonds is 2. The van der Waals surface area contributed by atoms with Crippen molar-refractivity contribution < 1.29 is 4.79 Å². The van der Waals surface area contributed by atoms with Gasteiger partial charge in [-0.1, -0.05) is 48.6 Å². The van der Waals surface area contributed by atoms with Gasteiger partial charge in [-0.25, -0.2) is 0 Å². The molecule has 0 N–H and O–H groups in total. The van der Waals surface area contributed by atoms with Crippen molar-refractivity contribution in [3.05, 3.63) is 63.4 Å². The first-order chi connectivity index (χ1) is 11.3. The van der Waals surface area contributed by atoms with Crippen LogP contribution in [0, 0.1) is 0 Å². The van der Waals surface area contributed by atoms with Crippen LogP contribution in [0.25, 0.3) is 6.08 Å². The van der Waals surface area contributed by atoms with Crippen molar-refractivity contribution in [3.63, 3.8) is 0 Å². The van der Waals surface area contributed by atoms with E-state index in [0.717, 1.165) is 48.3 Å². The zero-order valence-electron chi connectivity index (χ0n) is 13.3. The van der Waals surface area contributed by atoms with Gasteiger partial charge < -0.3 is 0 Å². The van der Waals surface area contributed by atoms with Crippen LogP contribution in [0.1, 0.15) is 37.7 Å². The lowest BCUT2D eigenvalue weighted by Crippen LogP contribution is -2.07. The summed E-state index contributed by atoms with van der Waals surface area (Å²) in [5, 5.41) is 0. The normalized spacial score (nSPS) is 21.9. The number of ketones is 1. The Morgan fingerprint density at radius 2 is 1.65 bits per heavy atom. The molecule has 0 aromatic heterocycles. The fourth-order valence-electron chi connectivity index (χ4n) is 2.84. The quantitative estimate of drug-likeness (QED) is 0.495. The number of benzene rings is 1. The molecule has 2 fully saturated rings. The molecule has 0 atom stereocenters. The van der Waals surface area contributed by atoms with Crippen molar-refractivity contribution in [3.8, 4) is 0 Å². The summed E-state index contributed by atoms with van der Waals surface area (Å²) in [6, 6.07) is 10.2. The molecule has 0 radical (unpaired) electrons. The van der Waals surface area contributed by atoms with Crippen LogP contribution >= 0.6 is 23.5 Å². The number of Topliss-reactive ketones (excluding diaryl/α,β-unsaturated/α-hetero) is 1. The van der Waals surface area contributed by atoms with Gasteiger partial charge in [-0.05, 0) is 54.7 Å². The topological polar surface area (TPSA) is 17.1 Å². The lowest BCUT2D eigenvalue weighted by atomic mass is 10.0. The fraction of sp³-hybridized carbons (Fsp3) is 0.350. The summed E-state index contributed by atoms with van der Waals surface area (Å²) < 4.78 is 1.29. The predicted molar refractivity (Wildman–Crippen MR) is 104 cm³/mol. The summed E-state index contributed by atoms with van der Waals surface area (Å²) in [6.45, 7) is 0. The molecule has 1 saturated heterocycles. The number of carbonyl (C=O) groups excluding carboxylic acids is 1. The first-order valence-corrected chi connectivity index (χ1v) is 10.3. The zero-order chi connectivity index (χ0) is 15.9. The second-order valence-electron chi connectivity index (χ2n) is 5.81. The van der Waals surface area contributed by atoms with E-state index in [1.807, 2.05) is 53.9 Å². The van der Waals surface area contributed by atoms with Gasteiger partial charge in [-0.3, -0.25) is 4.79 Å². The number of carbonyl (C=O) groups is 1. The highest BCUT2D eigenvalue weighted by atomic mass is 32.2. The third-order valence-electron chi connectivity index (χ3n) is 4.08. The van der Waals surface area contributed by atoms with Crippen molar-refractivity contribution in [2.45, 2.75) is 32.1 Å². The molecule has 1 aliphatic heterocycles. The highest BCUT2D eigenvalue weighted by Gasteiger charge is 2.23. The number of thioether (sulfide) groups is 2. The minimum atomic E-state index is 0.289. The molecule has 1 aromatic carbocycles. The van der Waals surface area contributed by atoms with E-state index in [4.69, 9.17) is 0 Å². The van der Waals surface area contributed by atoms with Crippen molar-refractivity contribution in [1.29, 1.82) is 0 Å². The van der Waals surface area contributed by atoms with Crippen LogP contribution < -0.4 is 0 Å². The number of hydrogen-bond acceptors (Lipinski definition) is 3. The molecule has 0 unspecified atom stereocenters. The van der Waals surface area contributed by atoms with Gasteiger partial charge in [0, 0.05) is 9.81 Å². The molecule has 0 bridgehead atoms. The van der Waals surface area contributed by atoms with Crippen LogP contribution in [0.5, 0.6) is 0 Å². The second-order valence-corrected chi connectivity index (χ2v) is 8.28. The summed E-state index contributed by atoms with van der Waals surface area (Å²) >= 11 is 3.76. The predicted octanol–water partition coefficient (Wildman–Crippen LogP) is 5.85. The molecular weight excluding hydrogens is 320 g/mol. The maximum absolute atomic E-state index is 12.9. The maximum atomic E-state index is 12.9. The van der Waals surface area contributed by atoms with Crippen LogP contribution in [0.15, 0.2) is 57.9 Å². The van der Waals surface area contributed by atoms with Gasteiger partial charge in [0.1, 0.15) is 0 Å². The van der Waals surface area contributed by atoms with Crippen molar-refractivity contribution >= 4 is 35.4 Å². The Bertz CT molecular complexity index is 633. The Balaban J connectivity index is 1.79. The monoisotopic (exact) mass is 342 g/mol. The van der Waals surface area contributed by atoms with Gasteiger partial charge in [0.2, 0.25) is 0 Å². The third-order valence-corrected chi connectivity index (χ3v) is 6.79. The van der Waals surface area contributed by atoms with Gasteiger partial charge >= 0.3 is 0 Å². The Kier molecular flexibility index (Phi) is 6.23. The molecule has 0 spiro atoms. The van der Waals surface area contributed by atoms with Crippen LogP contribution in [-0.2, 0) is 4.79 Å². The minimum Gasteiger partial charge on any atom is -0.289 e. The lowest BCUT2D eigenvalue weighted by Gasteiger charge is -2.16. The molecule has 1 nitrogen and oxygen atoms in total. The molecule has 1 aromatic rings. The Labute approximate surface area is 147 Å². The summed E-state index contributed by atoms with van der Waals surface area (Å²) in [5.74, 6) is 2.61. The van der Waals surface area contributed by atoms with E-state index >= 15 is 0 Å². The summed E-state index contributed by atoms with van der Waals surface area (Å²) in [7, 11) is 0. The average molecular weight is 343 g/mol. The molecule has 3 heteroatoms. The van der Waals surface area contributed by atoms with Crippen molar-refractivity contribution in [2.24, 2.45) is 0 Å². The van der Waals surface area contributed by atoms with E-state index in [1.165, 1.54) is 16.2 Å². The number of allylic oxidation sites excluding steroid dienone is 4. The number of hydrogen-bond donors (Lipinski definition) is 0. The van der Waals surface area contributed by atoms with E-state index in [2.05, 4.69) is 18.2 Å². The Hall–Kier alpha value is -1.19. The van der Waals surface area contributed by atoms with Gasteiger partial charge in [0.05, 0.1) is 0 Å². The Morgan fingerprint density at radius 1 is 0.913 bits per heavy atom.